The van der Waals surface area contributed by atoms with E-state index < -0.39 is 0 Å². The average Bonchev–Trinajstić information content (AvgIpc) is 3.35. The molecule has 1 saturated heterocycles. The van der Waals surface area contributed by atoms with Gasteiger partial charge in [-0.05, 0) is 60.4 Å². The van der Waals surface area contributed by atoms with Crippen molar-refractivity contribution in [3.05, 3.63) is 65.0 Å². The van der Waals surface area contributed by atoms with Crippen LogP contribution in [-0.2, 0) is 0 Å². The molecule has 0 unspecified atom stereocenters. The maximum Gasteiger partial charge on any atom is 0.197 e. The number of anilines is 1. The van der Waals surface area contributed by atoms with Gasteiger partial charge in [-0.2, -0.15) is 0 Å². The molecule has 3 heterocycles. The third-order valence-corrected chi connectivity index (χ3v) is 5.94. The summed E-state index contributed by atoms with van der Waals surface area (Å²) in [5.41, 5.74) is 2.89. The van der Waals surface area contributed by atoms with Crippen molar-refractivity contribution < 1.29 is 4.39 Å². The molecule has 5 nitrogen and oxygen atoms in total. The summed E-state index contributed by atoms with van der Waals surface area (Å²) in [4.78, 5) is 19.4. The highest BCUT2D eigenvalue weighted by Crippen LogP contribution is 2.55. The normalized spacial score (nSPS) is 21.1. The molecule has 0 amide bonds. The number of nitrogens with zero attached hydrogens (tertiary/aromatic N) is 5. The highest BCUT2D eigenvalue weighted by atomic mass is 35.5. The van der Waals surface area contributed by atoms with Crippen LogP contribution in [0.3, 0.4) is 0 Å². The molecule has 0 radical (unpaired) electrons. The lowest BCUT2D eigenvalue weighted by Crippen LogP contribution is -2.18. The topological polar surface area (TPSA) is 54.8 Å². The first kappa shape index (κ1) is 17.5. The first-order chi connectivity index (χ1) is 13.7. The van der Waals surface area contributed by atoms with Crippen molar-refractivity contribution in [2.75, 3.05) is 18.0 Å². The van der Waals surface area contributed by atoms with E-state index in [1.165, 1.54) is 0 Å². The number of hydrogen-bond acceptors (Lipinski definition) is 5. The van der Waals surface area contributed by atoms with Crippen LogP contribution in [0.4, 0.5) is 10.1 Å². The fourth-order valence-electron chi connectivity index (χ4n) is 3.99. The second-order valence-electron chi connectivity index (χ2n) is 7.39. The maximum absolute atomic E-state index is 14.5. The van der Waals surface area contributed by atoms with E-state index in [9.17, 15) is 4.39 Å². The smallest absolute Gasteiger partial charge is 0.197 e. The van der Waals surface area contributed by atoms with Gasteiger partial charge in [0, 0.05) is 37.9 Å². The molecule has 1 aliphatic heterocycles. The van der Waals surface area contributed by atoms with E-state index in [1.54, 1.807) is 24.5 Å². The van der Waals surface area contributed by atoms with Crippen LogP contribution in [0.15, 0.2) is 43.0 Å². The van der Waals surface area contributed by atoms with Crippen LogP contribution in [0.1, 0.15) is 42.2 Å². The van der Waals surface area contributed by atoms with Crippen LogP contribution >= 0.6 is 11.6 Å². The predicted octanol–water partition coefficient (Wildman–Crippen LogP) is 4.60. The number of rotatable bonds is 4. The summed E-state index contributed by atoms with van der Waals surface area (Å²) in [5, 5.41) is 0.235. The van der Waals surface area contributed by atoms with Gasteiger partial charge in [0.05, 0.1) is 10.7 Å². The van der Waals surface area contributed by atoms with E-state index in [4.69, 9.17) is 11.6 Å². The Morgan fingerprint density at radius 1 is 0.893 bits per heavy atom. The molecule has 1 aliphatic carbocycles. The van der Waals surface area contributed by atoms with Crippen molar-refractivity contribution in [3.63, 3.8) is 0 Å². The van der Waals surface area contributed by atoms with Crippen LogP contribution in [0.25, 0.3) is 11.6 Å². The van der Waals surface area contributed by atoms with Gasteiger partial charge in [-0.15, -0.1) is 0 Å². The monoisotopic (exact) mass is 395 g/mol. The van der Waals surface area contributed by atoms with Gasteiger partial charge in [0.15, 0.2) is 11.6 Å². The minimum absolute atomic E-state index is 0.235. The fourth-order valence-corrected chi connectivity index (χ4v) is 4.22. The summed E-state index contributed by atoms with van der Waals surface area (Å²) in [6.45, 7) is 1.88. The zero-order valence-electron chi connectivity index (χ0n) is 15.2. The van der Waals surface area contributed by atoms with E-state index >= 15 is 0 Å². The summed E-state index contributed by atoms with van der Waals surface area (Å²) in [6, 6.07) is 5.41. The van der Waals surface area contributed by atoms with Gasteiger partial charge < -0.3 is 4.90 Å². The van der Waals surface area contributed by atoms with E-state index in [-0.39, 0.29) is 16.8 Å². The lowest BCUT2D eigenvalue weighted by atomic mass is 10.1. The van der Waals surface area contributed by atoms with Gasteiger partial charge in [-0.3, -0.25) is 0 Å². The average molecular weight is 396 g/mol. The van der Waals surface area contributed by atoms with Crippen molar-refractivity contribution in [3.8, 4) is 11.6 Å². The molecule has 0 N–H and O–H groups in total. The molecule has 1 aromatic carbocycles. The first-order valence-electron chi connectivity index (χ1n) is 9.54. The zero-order chi connectivity index (χ0) is 19.1. The molecule has 7 heteroatoms. The Labute approximate surface area is 167 Å². The quantitative estimate of drug-likeness (QED) is 0.646. The molecule has 3 aromatic rings. The van der Waals surface area contributed by atoms with Gasteiger partial charge in [0.2, 0.25) is 0 Å². The summed E-state index contributed by atoms with van der Waals surface area (Å²) < 4.78 is 14.5. The summed E-state index contributed by atoms with van der Waals surface area (Å²) >= 11 is 6.25. The van der Waals surface area contributed by atoms with Crippen molar-refractivity contribution in [2.24, 2.45) is 0 Å². The maximum atomic E-state index is 14.5. The Morgan fingerprint density at radius 2 is 1.54 bits per heavy atom. The highest BCUT2D eigenvalue weighted by Gasteiger charge is 2.41. The lowest BCUT2D eigenvalue weighted by Gasteiger charge is -2.20. The standard InChI is InChI=1S/C21H19ClFN5/c22-19-17(23)8-13(9-18(19)28-6-1-2-7-28)15-10-16(15)14-11-26-21(27-12-14)20-24-4-3-5-25-20/h3-5,8-9,11-12,15-16H,1-2,6-7,10H2/t15-,16+/m1/s1. The van der Waals surface area contributed by atoms with Crippen LogP contribution in [0, 0.1) is 5.82 Å². The van der Waals surface area contributed by atoms with Gasteiger partial charge in [0.25, 0.3) is 0 Å². The molecule has 0 bridgehead atoms. The highest BCUT2D eigenvalue weighted by molar-refractivity contribution is 6.33. The molecule has 2 atom stereocenters. The van der Waals surface area contributed by atoms with E-state index in [2.05, 4.69) is 30.9 Å². The van der Waals surface area contributed by atoms with Crippen LogP contribution < -0.4 is 4.90 Å². The number of benzene rings is 1. The molecule has 5 rings (SSSR count). The summed E-state index contributed by atoms with van der Waals surface area (Å²) in [7, 11) is 0. The van der Waals surface area contributed by atoms with Crippen molar-refractivity contribution in [1.82, 2.24) is 19.9 Å². The van der Waals surface area contributed by atoms with Crippen LogP contribution in [0.5, 0.6) is 0 Å². The molecule has 2 aromatic heterocycles. The number of hydrogen-bond donors (Lipinski definition) is 0. The molecule has 142 valence electrons. The van der Waals surface area contributed by atoms with Gasteiger partial charge >= 0.3 is 0 Å². The Morgan fingerprint density at radius 3 is 2.25 bits per heavy atom. The zero-order valence-corrected chi connectivity index (χ0v) is 16.0. The largest absolute Gasteiger partial charge is 0.370 e. The van der Waals surface area contributed by atoms with E-state index in [0.717, 1.165) is 49.2 Å². The lowest BCUT2D eigenvalue weighted by molar-refractivity contribution is 0.625. The Balaban J connectivity index is 1.37. The molecule has 0 spiro atoms. The molecule has 2 aliphatic rings. The molecule has 2 fully saturated rings. The minimum Gasteiger partial charge on any atom is -0.370 e. The van der Waals surface area contributed by atoms with Gasteiger partial charge in [0.1, 0.15) is 5.82 Å². The third-order valence-electron chi connectivity index (χ3n) is 5.56. The Hall–Kier alpha value is -2.60. The Kier molecular flexibility index (Phi) is 4.43. The third kappa shape index (κ3) is 3.22. The van der Waals surface area contributed by atoms with Crippen molar-refractivity contribution in [1.29, 1.82) is 0 Å². The summed E-state index contributed by atoms with van der Waals surface area (Å²) in [6.07, 6.45) is 10.2. The second-order valence-corrected chi connectivity index (χ2v) is 7.77. The molecule has 1 saturated carbocycles. The van der Waals surface area contributed by atoms with E-state index in [0.29, 0.717) is 17.6 Å². The number of halogens is 2. The molecule has 28 heavy (non-hydrogen) atoms. The van der Waals surface area contributed by atoms with Crippen molar-refractivity contribution in [2.45, 2.75) is 31.1 Å². The van der Waals surface area contributed by atoms with E-state index in [1.807, 2.05) is 12.4 Å². The van der Waals surface area contributed by atoms with Crippen LogP contribution in [-0.4, -0.2) is 33.0 Å². The number of aromatic nitrogens is 4. The predicted molar refractivity (Wildman–Crippen MR) is 106 cm³/mol. The Bertz CT molecular complexity index is 990. The molecular weight excluding hydrogens is 377 g/mol. The minimum atomic E-state index is -0.334. The fraction of sp³-hybridized carbons (Fsp3) is 0.333. The van der Waals surface area contributed by atoms with Crippen molar-refractivity contribution >= 4 is 17.3 Å². The first-order valence-corrected chi connectivity index (χ1v) is 9.92. The van der Waals surface area contributed by atoms with Gasteiger partial charge in [-0.25, -0.2) is 24.3 Å². The van der Waals surface area contributed by atoms with Crippen LogP contribution in [0.2, 0.25) is 5.02 Å². The van der Waals surface area contributed by atoms with Gasteiger partial charge in [-0.1, -0.05) is 11.6 Å². The summed E-state index contributed by atoms with van der Waals surface area (Å²) in [5.74, 6) is 1.26. The molecular formula is C21H19ClFN5. The SMILES string of the molecule is Fc1cc([C@H]2C[C@H]2c2cnc(-c3ncccn3)nc2)cc(N2CCCC2)c1Cl. The second kappa shape index (κ2) is 7.09.